The van der Waals surface area contributed by atoms with Gasteiger partial charge >= 0.3 is 0 Å². The molecule has 0 bridgehead atoms. The minimum Gasteiger partial charge on any atom is -0.493 e. The highest BCUT2D eigenvalue weighted by molar-refractivity contribution is 6.31. The third-order valence-corrected chi connectivity index (χ3v) is 5.54. The van der Waals surface area contributed by atoms with Gasteiger partial charge in [0.15, 0.2) is 17.1 Å². The molecule has 29 heavy (non-hydrogen) atoms. The van der Waals surface area contributed by atoms with E-state index >= 15 is 0 Å². The van der Waals surface area contributed by atoms with Gasteiger partial charge < -0.3 is 19.4 Å². The Kier molecular flexibility index (Phi) is 5.32. The Bertz CT molecular complexity index is 1050. The number of rotatable bonds is 4. The Hall–Kier alpha value is -2.80. The molecule has 0 spiro atoms. The van der Waals surface area contributed by atoms with E-state index in [1.54, 1.807) is 29.2 Å². The van der Waals surface area contributed by atoms with Gasteiger partial charge in [-0.25, -0.2) is 4.39 Å². The highest BCUT2D eigenvalue weighted by Gasteiger charge is 2.33. The van der Waals surface area contributed by atoms with Crippen LogP contribution in [0.15, 0.2) is 40.8 Å². The van der Waals surface area contributed by atoms with Crippen molar-refractivity contribution in [1.82, 2.24) is 9.88 Å². The number of nitrogens with zero attached hydrogens (tertiary/aromatic N) is 2. The van der Waals surface area contributed by atoms with Gasteiger partial charge in [0.25, 0.3) is 11.9 Å². The Balaban J connectivity index is 1.55. The first-order valence-corrected chi connectivity index (χ1v) is 9.82. The van der Waals surface area contributed by atoms with Gasteiger partial charge in [0.05, 0.1) is 18.7 Å². The van der Waals surface area contributed by atoms with E-state index in [-0.39, 0.29) is 29.3 Å². The summed E-state index contributed by atoms with van der Waals surface area (Å²) in [6.07, 6.45) is 1.65. The van der Waals surface area contributed by atoms with Crippen molar-refractivity contribution in [3.63, 3.8) is 0 Å². The zero-order valence-corrected chi connectivity index (χ0v) is 16.9. The van der Waals surface area contributed by atoms with Crippen LogP contribution in [-0.4, -0.2) is 41.5 Å². The molecule has 0 saturated carbocycles. The van der Waals surface area contributed by atoms with Crippen molar-refractivity contribution in [3.05, 3.63) is 52.8 Å². The van der Waals surface area contributed by atoms with Crippen molar-refractivity contribution in [2.24, 2.45) is 0 Å². The number of anilines is 1. The molecule has 8 heteroatoms. The Morgan fingerprint density at radius 1 is 1.38 bits per heavy atom. The number of aromatic nitrogens is 1. The number of amides is 1. The molecule has 152 valence electrons. The fourth-order valence-corrected chi connectivity index (χ4v) is 3.95. The number of carbonyl (C=O) groups excluding carboxylic acids is 1. The lowest BCUT2D eigenvalue weighted by atomic mass is 9.96. The average Bonchev–Trinajstić information content (AvgIpc) is 3.10. The second-order valence-electron chi connectivity index (χ2n) is 7.08. The van der Waals surface area contributed by atoms with Crippen molar-refractivity contribution < 1.29 is 18.3 Å². The predicted molar refractivity (Wildman–Crippen MR) is 109 cm³/mol. The minimum absolute atomic E-state index is 0.0318. The van der Waals surface area contributed by atoms with Gasteiger partial charge in [0.1, 0.15) is 5.52 Å². The first-order valence-electron chi connectivity index (χ1n) is 9.44. The smallest absolute Gasteiger partial charge is 0.295 e. The lowest BCUT2D eigenvalue weighted by Crippen LogP contribution is -2.52. The second kappa shape index (κ2) is 7.91. The third-order valence-electron chi connectivity index (χ3n) is 5.31. The van der Waals surface area contributed by atoms with Crippen LogP contribution in [-0.2, 0) is 0 Å². The first kappa shape index (κ1) is 19.5. The number of hydrogen-bond acceptors (Lipinski definition) is 5. The number of para-hydroxylation sites is 1. The number of likely N-dealkylation sites (tertiary alicyclic amines) is 1. The summed E-state index contributed by atoms with van der Waals surface area (Å²) >= 11 is 6.01. The first-order chi connectivity index (χ1) is 14.0. The molecule has 1 N–H and O–H groups in total. The molecule has 0 unspecified atom stereocenters. The average molecular weight is 418 g/mol. The molecular weight excluding hydrogens is 397 g/mol. The Morgan fingerprint density at radius 2 is 2.21 bits per heavy atom. The highest BCUT2D eigenvalue weighted by atomic mass is 35.5. The zero-order chi connectivity index (χ0) is 20.5. The highest BCUT2D eigenvalue weighted by Crippen LogP contribution is 2.29. The maximum absolute atomic E-state index is 14.0. The van der Waals surface area contributed by atoms with Crippen molar-refractivity contribution in [3.8, 4) is 5.75 Å². The fraction of sp³-hybridized carbons (Fsp3) is 0.333. The molecule has 2 atom stereocenters. The van der Waals surface area contributed by atoms with Crippen LogP contribution in [0.2, 0.25) is 5.02 Å². The number of methoxy groups -OCH3 is 1. The van der Waals surface area contributed by atoms with Crippen LogP contribution >= 0.6 is 11.6 Å². The van der Waals surface area contributed by atoms with Gasteiger partial charge in [-0.05, 0) is 50.1 Å². The van der Waals surface area contributed by atoms with E-state index in [1.807, 2.05) is 6.92 Å². The van der Waals surface area contributed by atoms with Gasteiger partial charge in [-0.3, -0.25) is 4.79 Å². The van der Waals surface area contributed by atoms with E-state index < -0.39 is 5.82 Å². The third kappa shape index (κ3) is 3.74. The largest absolute Gasteiger partial charge is 0.493 e. The standard InChI is InChI=1S/C21H21ClFN3O3/c1-12-16(24-21-25-17-11-13(22)8-9-18(17)29-21)7-4-10-26(12)20(27)14-5-3-6-15(23)19(14)28-2/h3,5-6,8-9,11-12,16H,4,7,10H2,1-2H3,(H,24,25)/t12-,16-/m1/s1. The van der Waals surface area contributed by atoms with Crippen LogP contribution in [0.1, 0.15) is 30.1 Å². The van der Waals surface area contributed by atoms with Crippen LogP contribution in [0.4, 0.5) is 10.4 Å². The molecule has 1 fully saturated rings. The molecule has 2 aromatic carbocycles. The van der Waals surface area contributed by atoms with E-state index in [2.05, 4.69) is 10.3 Å². The number of benzene rings is 2. The molecule has 3 aromatic rings. The molecule has 0 aliphatic carbocycles. The van der Waals surface area contributed by atoms with E-state index in [0.717, 1.165) is 12.8 Å². The molecule has 2 heterocycles. The SMILES string of the molecule is COc1c(F)cccc1C(=O)N1CCC[C@@H](Nc2nc3cc(Cl)ccc3o2)[C@H]1C. The number of fused-ring (bicyclic) bond motifs is 1. The van der Waals surface area contributed by atoms with Crippen LogP contribution in [0.5, 0.6) is 5.75 Å². The summed E-state index contributed by atoms with van der Waals surface area (Å²) in [6, 6.07) is 9.80. The number of nitrogens with one attached hydrogen (secondary N) is 1. The van der Waals surface area contributed by atoms with Gasteiger partial charge in [-0.15, -0.1) is 0 Å². The summed E-state index contributed by atoms with van der Waals surface area (Å²) in [7, 11) is 1.36. The van der Waals surface area contributed by atoms with E-state index in [9.17, 15) is 9.18 Å². The number of halogens is 2. The summed E-state index contributed by atoms with van der Waals surface area (Å²) in [4.78, 5) is 19.3. The monoisotopic (exact) mass is 417 g/mol. The summed E-state index contributed by atoms with van der Waals surface area (Å²) < 4.78 is 24.9. The van der Waals surface area contributed by atoms with Crippen molar-refractivity contribution in [1.29, 1.82) is 0 Å². The summed E-state index contributed by atoms with van der Waals surface area (Å²) in [5, 5.41) is 3.88. The molecule has 1 aromatic heterocycles. The number of ether oxygens (including phenoxy) is 1. The molecular formula is C21H21ClFN3O3. The maximum atomic E-state index is 14.0. The van der Waals surface area contributed by atoms with Gasteiger partial charge in [-0.1, -0.05) is 17.7 Å². The lowest BCUT2D eigenvalue weighted by Gasteiger charge is -2.39. The van der Waals surface area contributed by atoms with Gasteiger partial charge in [-0.2, -0.15) is 4.98 Å². The number of carbonyl (C=O) groups is 1. The molecule has 1 amide bonds. The van der Waals surface area contributed by atoms with Crippen LogP contribution < -0.4 is 10.1 Å². The van der Waals surface area contributed by atoms with Crippen LogP contribution in [0.25, 0.3) is 11.1 Å². The van der Waals surface area contributed by atoms with E-state index in [4.69, 9.17) is 20.8 Å². The lowest BCUT2D eigenvalue weighted by molar-refractivity contribution is 0.0611. The molecule has 1 saturated heterocycles. The molecule has 4 rings (SSSR count). The van der Waals surface area contributed by atoms with E-state index in [0.29, 0.717) is 28.7 Å². The predicted octanol–water partition coefficient (Wildman–Crippen LogP) is 4.73. The number of oxazole rings is 1. The molecule has 0 radical (unpaired) electrons. The molecule has 1 aliphatic rings. The Morgan fingerprint density at radius 3 is 3.00 bits per heavy atom. The van der Waals surface area contributed by atoms with Gasteiger partial charge in [0, 0.05) is 17.6 Å². The van der Waals surface area contributed by atoms with Crippen molar-refractivity contribution in [2.75, 3.05) is 19.0 Å². The summed E-state index contributed by atoms with van der Waals surface area (Å²) in [5.41, 5.74) is 1.52. The van der Waals surface area contributed by atoms with Gasteiger partial charge in [0.2, 0.25) is 0 Å². The number of hydrogen-bond donors (Lipinski definition) is 1. The van der Waals surface area contributed by atoms with Crippen molar-refractivity contribution >= 4 is 34.6 Å². The Labute approximate surface area is 172 Å². The summed E-state index contributed by atoms with van der Waals surface area (Å²) in [6.45, 7) is 2.54. The minimum atomic E-state index is -0.553. The summed E-state index contributed by atoms with van der Waals surface area (Å²) in [5.74, 6) is -0.844. The van der Waals surface area contributed by atoms with Crippen LogP contribution in [0.3, 0.4) is 0 Å². The fourth-order valence-electron chi connectivity index (χ4n) is 3.78. The maximum Gasteiger partial charge on any atom is 0.295 e. The van der Waals surface area contributed by atoms with Crippen molar-refractivity contribution in [2.45, 2.75) is 31.8 Å². The quantitative estimate of drug-likeness (QED) is 0.664. The molecule has 1 aliphatic heterocycles. The zero-order valence-electron chi connectivity index (χ0n) is 16.1. The second-order valence-corrected chi connectivity index (χ2v) is 7.52. The normalized spacial score (nSPS) is 19.4. The van der Waals surface area contributed by atoms with Crippen LogP contribution in [0, 0.1) is 5.82 Å². The van der Waals surface area contributed by atoms with E-state index in [1.165, 1.54) is 19.2 Å². The topological polar surface area (TPSA) is 67.6 Å². The number of piperidine rings is 1. The molecule has 6 nitrogen and oxygen atoms in total.